The molecule has 0 spiro atoms. The lowest BCUT2D eigenvalue weighted by Gasteiger charge is -2.30. The highest BCUT2D eigenvalue weighted by Crippen LogP contribution is 2.17. The molecule has 3 nitrogen and oxygen atoms in total. The maximum atomic E-state index is 9.36. The smallest absolute Gasteiger partial charge is 0.119 e. The zero-order chi connectivity index (χ0) is 13.5. The zero-order valence-electron chi connectivity index (χ0n) is 11.6. The number of likely N-dealkylation sites (tertiary alicyclic amines) is 1. The van der Waals surface area contributed by atoms with Crippen molar-refractivity contribution in [1.82, 2.24) is 4.90 Å². The number of rotatable bonds is 5. The molecule has 1 heterocycles. The monoisotopic (exact) mass is 258 g/mol. The molecule has 1 aliphatic heterocycles. The van der Waals surface area contributed by atoms with Crippen LogP contribution in [0.4, 0.5) is 0 Å². The van der Waals surface area contributed by atoms with E-state index in [0.717, 1.165) is 25.3 Å². The molecule has 1 fully saturated rings. The van der Waals surface area contributed by atoms with E-state index in [4.69, 9.17) is 4.74 Å². The molecule has 0 saturated carbocycles. The summed E-state index contributed by atoms with van der Waals surface area (Å²) in [7, 11) is 0. The number of ether oxygens (including phenoxy) is 1. The Balaban J connectivity index is 1.95. The van der Waals surface area contributed by atoms with Crippen molar-refractivity contribution in [3.05, 3.63) is 29.8 Å². The van der Waals surface area contributed by atoms with Gasteiger partial charge in [-0.25, -0.2) is 0 Å². The van der Waals surface area contributed by atoms with Gasteiger partial charge in [-0.2, -0.15) is 5.26 Å². The third kappa shape index (κ3) is 3.97. The number of nitriles is 1. The zero-order valence-corrected chi connectivity index (χ0v) is 11.6. The molecule has 0 N–H and O–H groups in total. The number of piperidine rings is 1. The first-order valence-electron chi connectivity index (χ1n) is 7.19. The van der Waals surface area contributed by atoms with E-state index in [0.29, 0.717) is 6.61 Å². The molecule has 1 unspecified atom stereocenters. The molecule has 1 aliphatic rings. The lowest BCUT2D eigenvalue weighted by Crippen LogP contribution is -2.39. The third-order valence-corrected chi connectivity index (χ3v) is 3.64. The van der Waals surface area contributed by atoms with E-state index in [-0.39, 0.29) is 6.04 Å². The van der Waals surface area contributed by atoms with Crippen molar-refractivity contribution in [2.24, 2.45) is 0 Å². The molecule has 1 atom stereocenters. The van der Waals surface area contributed by atoms with Crippen LogP contribution in [0, 0.1) is 11.3 Å². The molecule has 102 valence electrons. The Hall–Kier alpha value is -1.53. The Morgan fingerprint density at radius 3 is 2.47 bits per heavy atom. The van der Waals surface area contributed by atoms with Gasteiger partial charge in [0, 0.05) is 6.42 Å². The number of benzene rings is 1. The highest BCUT2D eigenvalue weighted by Gasteiger charge is 2.20. The van der Waals surface area contributed by atoms with Crippen LogP contribution in [0.25, 0.3) is 0 Å². The fourth-order valence-corrected chi connectivity index (χ4v) is 2.60. The normalized spacial score (nSPS) is 17.7. The summed E-state index contributed by atoms with van der Waals surface area (Å²) < 4.78 is 5.43. The van der Waals surface area contributed by atoms with Crippen molar-refractivity contribution in [3.8, 4) is 11.8 Å². The Morgan fingerprint density at radius 1 is 1.21 bits per heavy atom. The standard InChI is InChI=1S/C16H22N2O/c1-2-19-16-8-6-14(7-9-16)12-15(13-17)18-10-4-3-5-11-18/h6-9,15H,2-5,10-12H2,1H3. The molecule has 0 amide bonds. The van der Waals surface area contributed by atoms with Crippen LogP contribution in [0.5, 0.6) is 5.75 Å². The van der Waals surface area contributed by atoms with Gasteiger partial charge in [0.05, 0.1) is 12.7 Å². The van der Waals surface area contributed by atoms with E-state index >= 15 is 0 Å². The topological polar surface area (TPSA) is 36.3 Å². The predicted octanol–water partition coefficient (Wildman–Crippen LogP) is 3.01. The molecule has 1 aromatic rings. The molecule has 0 radical (unpaired) electrons. The largest absolute Gasteiger partial charge is 0.494 e. The predicted molar refractivity (Wildman–Crippen MR) is 76.1 cm³/mol. The second kappa shape index (κ2) is 7.16. The summed E-state index contributed by atoms with van der Waals surface area (Å²) in [6.07, 6.45) is 4.56. The van der Waals surface area contributed by atoms with E-state index in [2.05, 4.69) is 23.1 Å². The van der Waals surface area contributed by atoms with Crippen molar-refractivity contribution in [2.75, 3.05) is 19.7 Å². The molecule has 1 saturated heterocycles. The van der Waals surface area contributed by atoms with Gasteiger partial charge in [-0.15, -0.1) is 0 Å². The second-order valence-electron chi connectivity index (χ2n) is 5.02. The number of hydrogen-bond donors (Lipinski definition) is 0. The molecule has 2 rings (SSSR count). The van der Waals surface area contributed by atoms with Gasteiger partial charge >= 0.3 is 0 Å². The summed E-state index contributed by atoms with van der Waals surface area (Å²) in [5, 5.41) is 9.36. The van der Waals surface area contributed by atoms with Gasteiger partial charge in [-0.05, 0) is 50.6 Å². The van der Waals surface area contributed by atoms with Crippen molar-refractivity contribution in [3.63, 3.8) is 0 Å². The Bertz CT molecular complexity index is 415. The molecular weight excluding hydrogens is 236 g/mol. The molecule has 0 aromatic heterocycles. The van der Waals surface area contributed by atoms with Gasteiger partial charge in [-0.1, -0.05) is 18.6 Å². The summed E-state index contributed by atoms with van der Waals surface area (Å²) in [5.74, 6) is 0.901. The quantitative estimate of drug-likeness (QED) is 0.814. The fraction of sp³-hybridized carbons (Fsp3) is 0.562. The van der Waals surface area contributed by atoms with Crippen LogP contribution in [0.15, 0.2) is 24.3 Å². The molecule has 1 aromatic carbocycles. The average molecular weight is 258 g/mol. The van der Waals surface area contributed by atoms with Crippen LogP contribution >= 0.6 is 0 Å². The van der Waals surface area contributed by atoms with Gasteiger partial charge in [-0.3, -0.25) is 4.90 Å². The first kappa shape index (κ1) is 13.9. The Morgan fingerprint density at radius 2 is 1.89 bits per heavy atom. The fourth-order valence-electron chi connectivity index (χ4n) is 2.60. The first-order chi connectivity index (χ1) is 9.33. The van der Waals surface area contributed by atoms with Crippen molar-refractivity contribution in [2.45, 2.75) is 38.6 Å². The van der Waals surface area contributed by atoms with Crippen molar-refractivity contribution in [1.29, 1.82) is 5.26 Å². The van der Waals surface area contributed by atoms with E-state index < -0.39 is 0 Å². The van der Waals surface area contributed by atoms with E-state index in [9.17, 15) is 5.26 Å². The SMILES string of the molecule is CCOc1ccc(CC(C#N)N2CCCCC2)cc1. The van der Waals surface area contributed by atoms with Gasteiger partial charge in [0.15, 0.2) is 0 Å². The van der Waals surface area contributed by atoms with Crippen LogP contribution in [0.3, 0.4) is 0 Å². The minimum absolute atomic E-state index is 0.0123. The Kier molecular flexibility index (Phi) is 5.23. The maximum absolute atomic E-state index is 9.36. The minimum Gasteiger partial charge on any atom is -0.494 e. The lowest BCUT2D eigenvalue weighted by molar-refractivity contribution is 0.194. The minimum atomic E-state index is 0.0123. The molecule has 3 heteroatoms. The summed E-state index contributed by atoms with van der Waals surface area (Å²) in [6.45, 7) is 4.80. The van der Waals surface area contributed by atoms with Crippen LogP contribution in [-0.4, -0.2) is 30.6 Å². The van der Waals surface area contributed by atoms with Gasteiger partial charge in [0.25, 0.3) is 0 Å². The highest BCUT2D eigenvalue weighted by molar-refractivity contribution is 5.28. The summed E-state index contributed by atoms with van der Waals surface area (Å²) >= 11 is 0. The van der Waals surface area contributed by atoms with Gasteiger partial charge in [0.2, 0.25) is 0 Å². The van der Waals surface area contributed by atoms with Crippen LogP contribution in [-0.2, 0) is 6.42 Å². The second-order valence-corrected chi connectivity index (χ2v) is 5.02. The van der Waals surface area contributed by atoms with E-state index in [1.807, 2.05) is 19.1 Å². The summed E-state index contributed by atoms with van der Waals surface area (Å²) in [6, 6.07) is 10.6. The maximum Gasteiger partial charge on any atom is 0.119 e. The Labute approximate surface area is 115 Å². The van der Waals surface area contributed by atoms with E-state index in [1.165, 1.54) is 24.8 Å². The highest BCUT2D eigenvalue weighted by atomic mass is 16.5. The van der Waals surface area contributed by atoms with Crippen LogP contribution < -0.4 is 4.74 Å². The molecule has 0 bridgehead atoms. The van der Waals surface area contributed by atoms with Gasteiger partial charge < -0.3 is 4.74 Å². The van der Waals surface area contributed by atoms with Gasteiger partial charge in [0.1, 0.15) is 11.8 Å². The summed E-state index contributed by atoms with van der Waals surface area (Å²) in [5.41, 5.74) is 1.21. The van der Waals surface area contributed by atoms with Crippen molar-refractivity contribution >= 4 is 0 Å². The number of hydrogen-bond acceptors (Lipinski definition) is 3. The van der Waals surface area contributed by atoms with Crippen LogP contribution in [0.1, 0.15) is 31.7 Å². The average Bonchev–Trinajstić information content (AvgIpc) is 2.48. The molecule has 19 heavy (non-hydrogen) atoms. The van der Waals surface area contributed by atoms with E-state index in [1.54, 1.807) is 0 Å². The first-order valence-corrected chi connectivity index (χ1v) is 7.19. The lowest BCUT2D eigenvalue weighted by atomic mass is 10.0. The van der Waals surface area contributed by atoms with Crippen molar-refractivity contribution < 1.29 is 4.74 Å². The molecule has 0 aliphatic carbocycles. The third-order valence-electron chi connectivity index (χ3n) is 3.64. The molecular formula is C16H22N2O. The number of nitrogens with zero attached hydrogens (tertiary/aromatic N) is 2. The van der Waals surface area contributed by atoms with Crippen LogP contribution in [0.2, 0.25) is 0 Å². The summed E-state index contributed by atoms with van der Waals surface area (Å²) in [4.78, 5) is 2.32.